The SMILES string of the molecule is CC(Sc1nnc(COc2ccc(F)cc2)n1N)C(=O)NCc1ccc(F)cc1. The molecule has 2 aromatic carbocycles. The first-order chi connectivity index (χ1) is 13.9. The molecule has 1 unspecified atom stereocenters. The molecular formula is C19H19F2N5O2S. The highest BCUT2D eigenvalue weighted by Crippen LogP contribution is 2.21. The maximum atomic E-state index is 12.9. The van der Waals surface area contributed by atoms with E-state index in [2.05, 4.69) is 15.5 Å². The van der Waals surface area contributed by atoms with Gasteiger partial charge in [0.2, 0.25) is 11.1 Å². The average Bonchev–Trinajstić information content (AvgIpc) is 3.06. The van der Waals surface area contributed by atoms with Crippen molar-refractivity contribution < 1.29 is 18.3 Å². The molecule has 0 saturated heterocycles. The number of nitrogens with one attached hydrogen (secondary N) is 1. The molecule has 0 saturated carbocycles. The van der Waals surface area contributed by atoms with Gasteiger partial charge in [-0.1, -0.05) is 23.9 Å². The zero-order chi connectivity index (χ0) is 20.8. The van der Waals surface area contributed by atoms with Gasteiger partial charge in [0, 0.05) is 6.54 Å². The summed E-state index contributed by atoms with van der Waals surface area (Å²) in [5.74, 6) is 5.91. The van der Waals surface area contributed by atoms with E-state index in [-0.39, 0.29) is 30.7 Å². The predicted molar refractivity (Wildman–Crippen MR) is 104 cm³/mol. The molecule has 7 nitrogen and oxygen atoms in total. The van der Waals surface area contributed by atoms with Gasteiger partial charge >= 0.3 is 0 Å². The number of halogens is 2. The third-order valence-corrected chi connectivity index (χ3v) is 5.00. The van der Waals surface area contributed by atoms with Gasteiger partial charge in [-0.15, -0.1) is 10.2 Å². The molecule has 1 amide bonds. The molecule has 0 radical (unpaired) electrons. The van der Waals surface area contributed by atoms with Gasteiger partial charge in [-0.25, -0.2) is 13.5 Å². The standard InChI is InChI=1S/C19H19F2N5O2S/c1-12(18(27)23-10-13-2-4-14(20)5-3-13)29-19-25-24-17(26(19)22)11-28-16-8-6-15(21)7-9-16/h2-9,12H,10-11,22H2,1H3,(H,23,27). The number of hydrogen-bond donors (Lipinski definition) is 2. The number of thioether (sulfide) groups is 1. The maximum Gasteiger partial charge on any atom is 0.233 e. The Morgan fingerprint density at radius 1 is 1.14 bits per heavy atom. The van der Waals surface area contributed by atoms with Crippen LogP contribution in [0.3, 0.4) is 0 Å². The number of amides is 1. The van der Waals surface area contributed by atoms with Crippen molar-refractivity contribution in [3.05, 3.63) is 71.6 Å². The van der Waals surface area contributed by atoms with E-state index in [0.29, 0.717) is 16.7 Å². The van der Waals surface area contributed by atoms with Crippen LogP contribution in [0.5, 0.6) is 5.75 Å². The number of aromatic nitrogens is 3. The Kier molecular flexibility index (Phi) is 6.65. The summed E-state index contributed by atoms with van der Waals surface area (Å²) in [5, 5.41) is 10.6. The van der Waals surface area contributed by atoms with Crippen LogP contribution in [0.1, 0.15) is 18.3 Å². The number of ether oxygens (including phenoxy) is 1. The molecule has 0 aliphatic rings. The van der Waals surface area contributed by atoms with Gasteiger partial charge in [0.1, 0.15) is 24.0 Å². The smallest absolute Gasteiger partial charge is 0.233 e. The Labute approximate surface area is 170 Å². The first-order valence-electron chi connectivity index (χ1n) is 8.69. The summed E-state index contributed by atoms with van der Waals surface area (Å²) in [6.45, 7) is 2.05. The molecule has 3 N–H and O–H groups in total. The van der Waals surface area contributed by atoms with Crippen LogP contribution >= 0.6 is 11.8 Å². The van der Waals surface area contributed by atoms with E-state index in [4.69, 9.17) is 10.6 Å². The monoisotopic (exact) mass is 419 g/mol. The number of benzene rings is 2. The van der Waals surface area contributed by atoms with Gasteiger partial charge in [-0.2, -0.15) is 0 Å². The van der Waals surface area contributed by atoms with Gasteiger partial charge in [0.15, 0.2) is 5.82 Å². The predicted octanol–water partition coefficient (Wildman–Crippen LogP) is 2.65. The van der Waals surface area contributed by atoms with Crippen LogP contribution in [-0.4, -0.2) is 26.0 Å². The first-order valence-corrected chi connectivity index (χ1v) is 9.57. The van der Waals surface area contributed by atoms with Gasteiger partial charge in [0.25, 0.3) is 0 Å². The van der Waals surface area contributed by atoms with E-state index in [1.54, 1.807) is 19.1 Å². The highest BCUT2D eigenvalue weighted by atomic mass is 32.2. The van der Waals surface area contributed by atoms with E-state index in [1.165, 1.54) is 41.1 Å². The number of rotatable bonds is 8. The summed E-state index contributed by atoms with van der Waals surface area (Å²) < 4.78 is 32.6. The lowest BCUT2D eigenvalue weighted by Gasteiger charge is -2.12. The summed E-state index contributed by atoms with van der Waals surface area (Å²) >= 11 is 1.15. The zero-order valence-corrected chi connectivity index (χ0v) is 16.3. The van der Waals surface area contributed by atoms with E-state index in [0.717, 1.165) is 17.3 Å². The van der Waals surface area contributed by atoms with Crippen LogP contribution in [-0.2, 0) is 17.9 Å². The van der Waals surface area contributed by atoms with Crippen LogP contribution in [0.25, 0.3) is 0 Å². The van der Waals surface area contributed by atoms with Crippen molar-refractivity contribution in [3.63, 3.8) is 0 Å². The Hall–Kier alpha value is -3.14. The van der Waals surface area contributed by atoms with Crippen molar-refractivity contribution in [2.45, 2.75) is 30.5 Å². The Morgan fingerprint density at radius 2 is 1.76 bits per heavy atom. The van der Waals surface area contributed by atoms with E-state index in [1.807, 2.05) is 0 Å². The van der Waals surface area contributed by atoms with Gasteiger partial charge < -0.3 is 15.9 Å². The Morgan fingerprint density at radius 3 is 2.41 bits per heavy atom. The van der Waals surface area contributed by atoms with Crippen molar-refractivity contribution in [1.82, 2.24) is 20.2 Å². The molecule has 0 spiro atoms. The number of carbonyl (C=O) groups is 1. The number of nitrogen functional groups attached to an aromatic ring is 1. The summed E-state index contributed by atoms with van der Waals surface area (Å²) in [6.07, 6.45) is 0. The fourth-order valence-electron chi connectivity index (χ4n) is 2.31. The average molecular weight is 419 g/mol. The van der Waals surface area contributed by atoms with Crippen LogP contribution in [0.4, 0.5) is 8.78 Å². The number of hydrogen-bond acceptors (Lipinski definition) is 6. The largest absolute Gasteiger partial charge is 0.486 e. The molecule has 1 aromatic heterocycles. The quantitative estimate of drug-likeness (QED) is 0.431. The molecule has 29 heavy (non-hydrogen) atoms. The number of nitrogens with zero attached hydrogens (tertiary/aromatic N) is 3. The maximum absolute atomic E-state index is 12.9. The second kappa shape index (κ2) is 9.37. The van der Waals surface area contributed by atoms with Crippen molar-refractivity contribution in [2.24, 2.45) is 0 Å². The molecule has 0 bridgehead atoms. The molecule has 3 aromatic rings. The highest BCUT2D eigenvalue weighted by Gasteiger charge is 2.19. The second-order valence-corrected chi connectivity index (χ2v) is 7.42. The lowest BCUT2D eigenvalue weighted by molar-refractivity contribution is -0.120. The van der Waals surface area contributed by atoms with Crippen LogP contribution in [0.2, 0.25) is 0 Å². The minimum Gasteiger partial charge on any atom is -0.486 e. The van der Waals surface area contributed by atoms with E-state index < -0.39 is 5.25 Å². The third-order valence-electron chi connectivity index (χ3n) is 3.95. The fraction of sp³-hybridized carbons (Fsp3) is 0.211. The third kappa shape index (κ3) is 5.67. The molecule has 3 rings (SSSR count). The molecule has 1 heterocycles. The fourth-order valence-corrected chi connectivity index (χ4v) is 3.13. The van der Waals surface area contributed by atoms with Crippen LogP contribution in [0, 0.1) is 11.6 Å². The summed E-state index contributed by atoms with van der Waals surface area (Å²) in [5.41, 5.74) is 0.791. The minimum atomic E-state index is -0.479. The topological polar surface area (TPSA) is 95.1 Å². The lowest BCUT2D eigenvalue weighted by Crippen LogP contribution is -2.31. The van der Waals surface area contributed by atoms with Crippen LogP contribution in [0.15, 0.2) is 53.7 Å². The summed E-state index contributed by atoms with van der Waals surface area (Å²) in [6, 6.07) is 11.5. The van der Waals surface area contributed by atoms with Crippen molar-refractivity contribution in [1.29, 1.82) is 0 Å². The number of nitrogens with two attached hydrogens (primary N) is 1. The Bertz CT molecular complexity index is 964. The molecule has 152 valence electrons. The van der Waals surface area contributed by atoms with Gasteiger partial charge in [0.05, 0.1) is 5.25 Å². The summed E-state index contributed by atoms with van der Waals surface area (Å²) in [4.78, 5) is 12.3. The first kappa shape index (κ1) is 20.6. The molecular weight excluding hydrogens is 400 g/mol. The second-order valence-electron chi connectivity index (χ2n) is 6.12. The number of carbonyl (C=O) groups excluding carboxylic acids is 1. The molecule has 1 atom stereocenters. The summed E-state index contributed by atoms with van der Waals surface area (Å²) in [7, 11) is 0. The zero-order valence-electron chi connectivity index (χ0n) is 15.5. The van der Waals surface area contributed by atoms with Gasteiger partial charge in [-0.05, 0) is 48.9 Å². The lowest BCUT2D eigenvalue weighted by atomic mass is 10.2. The van der Waals surface area contributed by atoms with E-state index in [9.17, 15) is 13.6 Å². The van der Waals surface area contributed by atoms with E-state index >= 15 is 0 Å². The van der Waals surface area contributed by atoms with Crippen molar-refractivity contribution in [3.8, 4) is 5.75 Å². The minimum absolute atomic E-state index is 0.0425. The molecule has 0 fully saturated rings. The van der Waals surface area contributed by atoms with Crippen molar-refractivity contribution in [2.75, 3.05) is 5.84 Å². The molecule has 0 aliphatic carbocycles. The molecule has 0 aliphatic heterocycles. The van der Waals surface area contributed by atoms with Crippen LogP contribution < -0.4 is 15.9 Å². The normalized spacial score (nSPS) is 11.8. The Balaban J connectivity index is 1.52. The molecule has 10 heteroatoms. The highest BCUT2D eigenvalue weighted by molar-refractivity contribution is 8.00. The van der Waals surface area contributed by atoms with Crippen molar-refractivity contribution >= 4 is 17.7 Å². The van der Waals surface area contributed by atoms with Gasteiger partial charge in [-0.3, -0.25) is 4.79 Å².